The second-order valence-corrected chi connectivity index (χ2v) is 4.19. The Hall–Kier alpha value is -1.32. The highest BCUT2D eigenvalue weighted by molar-refractivity contribution is 5.92. The molecule has 1 fully saturated rings. The summed E-state index contributed by atoms with van der Waals surface area (Å²) in [5.41, 5.74) is 0.485. The monoisotopic (exact) mass is 225 g/mol. The van der Waals surface area contributed by atoms with Gasteiger partial charge in [0.2, 0.25) is 0 Å². The Kier molecular flexibility index (Phi) is 4.52. The van der Waals surface area contributed by atoms with Crippen LogP contribution < -0.4 is 0 Å². The van der Waals surface area contributed by atoms with Crippen LogP contribution in [-0.2, 0) is 14.3 Å². The normalized spacial score (nSPS) is 21.1. The van der Waals surface area contributed by atoms with Crippen molar-refractivity contribution in [2.45, 2.75) is 45.8 Å². The smallest absolute Gasteiger partial charge is 0.304 e. The van der Waals surface area contributed by atoms with Crippen molar-refractivity contribution in [3.63, 3.8) is 0 Å². The summed E-state index contributed by atoms with van der Waals surface area (Å²) in [6, 6.07) is 0. The van der Waals surface area contributed by atoms with Gasteiger partial charge in [0.15, 0.2) is 6.23 Å². The molecule has 0 aromatic heterocycles. The predicted octanol–water partition coefficient (Wildman–Crippen LogP) is 1.85. The largest absolute Gasteiger partial charge is 0.442 e. The summed E-state index contributed by atoms with van der Waals surface area (Å²) in [6.07, 6.45) is 3.31. The molecule has 1 amide bonds. The molecule has 1 aliphatic heterocycles. The van der Waals surface area contributed by atoms with E-state index in [4.69, 9.17) is 4.74 Å². The summed E-state index contributed by atoms with van der Waals surface area (Å²) < 4.78 is 5.18. The molecule has 4 heteroatoms. The fourth-order valence-electron chi connectivity index (χ4n) is 1.87. The minimum Gasteiger partial charge on any atom is -0.442 e. The summed E-state index contributed by atoms with van der Waals surface area (Å²) in [6.45, 7) is 7.33. The van der Waals surface area contributed by atoms with E-state index in [0.717, 1.165) is 25.7 Å². The molecule has 1 rings (SSSR count). The predicted molar refractivity (Wildman–Crippen MR) is 60.5 cm³/mol. The van der Waals surface area contributed by atoms with Crippen molar-refractivity contribution < 1.29 is 14.3 Å². The molecule has 0 aliphatic carbocycles. The van der Waals surface area contributed by atoms with Gasteiger partial charge in [0.05, 0.1) is 0 Å². The second-order valence-electron chi connectivity index (χ2n) is 4.19. The van der Waals surface area contributed by atoms with Crippen LogP contribution in [0.5, 0.6) is 0 Å². The van der Waals surface area contributed by atoms with Gasteiger partial charge in [0.1, 0.15) is 0 Å². The molecule has 1 aliphatic rings. The molecule has 1 saturated heterocycles. The highest BCUT2D eigenvalue weighted by Gasteiger charge is 2.27. The van der Waals surface area contributed by atoms with Crippen molar-refractivity contribution in [2.75, 3.05) is 6.54 Å². The number of hydrogen-bond acceptors (Lipinski definition) is 3. The Balaban J connectivity index is 2.76. The first kappa shape index (κ1) is 12.7. The summed E-state index contributed by atoms with van der Waals surface area (Å²) in [4.78, 5) is 24.5. The number of hydrogen-bond donors (Lipinski definition) is 0. The first-order valence-electron chi connectivity index (χ1n) is 5.66. The van der Waals surface area contributed by atoms with E-state index in [1.54, 1.807) is 11.8 Å². The van der Waals surface area contributed by atoms with E-state index in [-0.39, 0.29) is 11.9 Å². The average Bonchev–Trinajstić information content (AvgIpc) is 2.41. The van der Waals surface area contributed by atoms with Crippen LogP contribution in [0.25, 0.3) is 0 Å². The molecule has 0 aromatic carbocycles. The Morgan fingerprint density at radius 2 is 1.94 bits per heavy atom. The Bertz CT molecular complexity index is 299. The van der Waals surface area contributed by atoms with Crippen LogP contribution in [-0.4, -0.2) is 29.5 Å². The molecule has 1 unspecified atom stereocenters. The average molecular weight is 225 g/mol. The number of likely N-dealkylation sites (tertiary alicyclic amines) is 1. The van der Waals surface area contributed by atoms with Crippen molar-refractivity contribution >= 4 is 11.9 Å². The second kappa shape index (κ2) is 5.68. The van der Waals surface area contributed by atoms with Gasteiger partial charge in [-0.2, -0.15) is 0 Å². The third-order valence-corrected chi connectivity index (χ3v) is 2.63. The standard InChI is InChI=1S/C12H19NO3/c1-9(2)12(15)13-8-6-4-5-7-11(13)16-10(3)14/h11H,1,4-8H2,2-3H3. The van der Waals surface area contributed by atoms with Gasteiger partial charge in [-0.3, -0.25) is 9.59 Å². The zero-order chi connectivity index (χ0) is 12.1. The van der Waals surface area contributed by atoms with Gasteiger partial charge in [0.25, 0.3) is 5.91 Å². The molecule has 1 atom stereocenters. The minimum absolute atomic E-state index is 0.117. The maximum atomic E-state index is 11.9. The Morgan fingerprint density at radius 1 is 1.25 bits per heavy atom. The fourth-order valence-corrected chi connectivity index (χ4v) is 1.87. The zero-order valence-electron chi connectivity index (χ0n) is 9.99. The zero-order valence-corrected chi connectivity index (χ0v) is 9.99. The quantitative estimate of drug-likeness (QED) is 0.532. The van der Waals surface area contributed by atoms with Crippen molar-refractivity contribution in [3.8, 4) is 0 Å². The molecule has 0 bridgehead atoms. The first-order valence-corrected chi connectivity index (χ1v) is 5.66. The number of rotatable bonds is 2. The fraction of sp³-hybridized carbons (Fsp3) is 0.667. The summed E-state index contributed by atoms with van der Waals surface area (Å²) in [5.74, 6) is -0.459. The van der Waals surface area contributed by atoms with E-state index in [9.17, 15) is 9.59 Å². The van der Waals surface area contributed by atoms with Crippen molar-refractivity contribution in [1.29, 1.82) is 0 Å². The summed E-state index contributed by atoms with van der Waals surface area (Å²) in [7, 11) is 0. The molecular weight excluding hydrogens is 206 g/mol. The van der Waals surface area contributed by atoms with Crippen molar-refractivity contribution in [3.05, 3.63) is 12.2 Å². The lowest BCUT2D eigenvalue weighted by Gasteiger charge is -2.29. The summed E-state index contributed by atoms with van der Waals surface area (Å²) >= 11 is 0. The van der Waals surface area contributed by atoms with Gasteiger partial charge in [-0.15, -0.1) is 0 Å². The Labute approximate surface area is 96.3 Å². The van der Waals surface area contributed by atoms with Gasteiger partial charge in [-0.1, -0.05) is 13.0 Å². The van der Waals surface area contributed by atoms with Crippen molar-refractivity contribution in [2.24, 2.45) is 0 Å². The van der Waals surface area contributed by atoms with E-state index in [0.29, 0.717) is 12.1 Å². The number of amides is 1. The van der Waals surface area contributed by atoms with Gasteiger partial charge in [-0.25, -0.2) is 0 Å². The highest BCUT2D eigenvalue weighted by atomic mass is 16.6. The van der Waals surface area contributed by atoms with Crippen molar-refractivity contribution in [1.82, 2.24) is 4.90 Å². The van der Waals surface area contributed by atoms with Crippen LogP contribution in [0.15, 0.2) is 12.2 Å². The lowest BCUT2D eigenvalue weighted by atomic mass is 10.2. The molecule has 90 valence electrons. The van der Waals surface area contributed by atoms with Gasteiger partial charge < -0.3 is 9.64 Å². The highest BCUT2D eigenvalue weighted by Crippen LogP contribution is 2.19. The molecule has 0 spiro atoms. The van der Waals surface area contributed by atoms with Crippen LogP contribution in [0.2, 0.25) is 0 Å². The molecular formula is C12H19NO3. The lowest BCUT2D eigenvalue weighted by molar-refractivity contribution is -0.161. The maximum absolute atomic E-state index is 11.9. The topological polar surface area (TPSA) is 46.6 Å². The van der Waals surface area contributed by atoms with Crippen LogP contribution in [0, 0.1) is 0 Å². The number of esters is 1. The minimum atomic E-state index is -0.413. The van der Waals surface area contributed by atoms with Crippen LogP contribution in [0.1, 0.15) is 39.5 Å². The van der Waals surface area contributed by atoms with E-state index in [1.165, 1.54) is 6.92 Å². The molecule has 0 N–H and O–H groups in total. The summed E-state index contributed by atoms with van der Waals surface area (Å²) in [5, 5.41) is 0. The molecule has 16 heavy (non-hydrogen) atoms. The third-order valence-electron chi connectivity index (χ3n) is 2.63. The molecule has 4 nitrogen and oxygen atoms in total. The van der Waals surface area contributed by atoms with E-state index in [2.05, 4.69) is 6.58 Å². The molecule has 0 radical (unpaired) electrons. The lowest BCUT2D eigenvalue weighted by Crippen LogP contribution is -2.42. The van der Waals surface area contributed by atoms with Gasteiger partial charge >= 0.3 is 5.97 Å². The SMILES string of the molecule is C=C(C)C(=O)N1CCCCCC1OC(C)=O. The molecule has 1 heterocycles. The van der Waals surface area contributed by atoms with Crippen LogP contribution in [0.4, 0.5) is 0 Å². The maximum Gasteiger partial charge on any atom is 0.304 e. The van der Waals surface area contributed by atoms with Gasteiger partial charge in [0, 0.05) is 25.5 Å². The number of carbonyl (C=O) groups is 2. The molecule has 0 aromatic rings. The van der Waals surface area contributed by atoms with E-state index in [1.807, 2.05) is 0 Å². The van der Waals surface area contributed by atoms with E-state index >= 15 is 0 Å². The number of ether oxygens (including phenoxy) is 1. The van der Waals surface area contributed by atoms with Gasteiger partial charge in [-0.05, 0) is 19.8 Å². The number of nitrogens with zero attached hydrogens (tertiary/aromatic N) is 1. The Morgan fingerprint density at radius 3 is 2.50 bits per heavy atom. The first-order chi connectivity index (χ1) is 7.52. The van der Waals surface area contributed by atoms with Crippen LogP contribution >= 0.6 is 0 Å². The van der Waals surface area contributed by atoms with E-state index < -0.39 is 6.23 Å². The molecule has 0 saturated carbocycles. The third kappa shape index (κ3) is 3.36. The van der Waals surface area contributed by atoms with Crippen LogP contribution in [0.3, 0.4) is 0 Å². The number of carbonyl (C=O) groups excluding carboxylic acids is 2.